The third kappa shape index (κ3) is 1.02. The Morgan fingerprint density at radius 3 is 3.08 bits per heavy atom. The first-order valence-electron chi connectivity index (χ1n) is 3.58. The second-order valence-corrected chi connectivity index (χ2v) is 2.41. The lowest BCUT2D eigenvalue weighted by molar-refractivity contribution is 1.32. The van der Waals surface area contributed by atoms with Crippen LogP contribution in [-0.2, 0) is 0 Å². The Morgan fingerprint density at radius 1 is 1.33 bits per heavy atom. The molecule has 0 aliphatic heterocycles. The molecule has 0 unspecified atom stereocenters. The predicted octanol–water partition coefficient (Wildman–Crippen LogP) is 1.91. The van der Waals surface area contributed by atoms with Gasteiger partial charge in [-0.2, -0.15) is 5.26 Å². The van der Waals surface area contributed by atoms with E-state index < -0.39 is 0 Å². The highest BCUT2D eigenvalue weighted by atomic mass is 14.7. The van der Waals surface area contributed by atoms with Gasteiger partial charge in [0.15, 0.2) is 0 Å². The number of nitriles is 1. The Morgan fingerprint density at radius 2 is 2.25 bits per heavy atom. The number of hydrogen-bond donors (Lipinski definition) is 0. The Labute approximate surface area is 70.1 Å². The zero-order chi connectivity index (χ0) is 8.39. The fourth-order valence-electron chi connectivity index (χ4n) is 1.06. The fraction of sp³-hybridized carbons (Fsp3) is 0. The highest BCUT2D eigenvalue weighted by Gasteiger charge is 1.94. The average Bonchev–Trinajstić information content (AvgIpc) is 2.17. The summed E-state index contributed by atoms with van der Waals surface area (Å²) in [7, 11) is 0. The molecule has 0 saturated heterocycles. The molecular weight excluding hydrogens is 148 g/mol. The van der Waals surface area contributed by atoms with E-state index in [-0.39, 0.29) is 0 Å². The highest BCUT2D eigenvalue weighted by Crippen LogP contribution is 2.10. The van der Waals surface area contributed by atoms with E-state index in [1.165, 1.54) is 0 Å². The van der Waals surface area contributed by atoms with E-state index in [0.29, 0.717) is 5.69 Å². The van der Waals surface area contributed by atoms with Crippen LogP contribution < -0.4 is 0 Å². The summed E-state index contributed by atoms with van der Waals surface area (Å²) in [6.07, 6.45) is 0. The molecule has 1 heterocycles. The number of hydrogen-bond acceptors (Lipinski definition) is 2. The average molecular weight is 153 g/mol. The molecule has 1 aromatic carbocycles. The minimum atomic E-state index is 0.446. The van der Waals surface area contributed by atoms with Crippen molar-refractivity contribution in [3.63, 3.8) is 0 Å². The summed E-state index contributed by atoms with van der Waals surface area (Å²) >= 11 is 0. The molecule has 12 heavy (non-hydrogen) atoms. The van der Waals surface area contributed by atoms with Gasteiger partial charge in [0, 0.05) is 5.39 Å². The van der Waals surface area contributed by atoms with Crippen molar-refractivity contribution < 1.29 is 0 Å². The smallest absolute Gasteiger partial charge is 0.141 e. The number of benzene rings is 1. The van der Waals surface area contributed by atoms with E-state index in [4.69, 9.17) is 5.26 Å². The molecule has 1 radical (unpaired) electrons. The van der Waals surface area contributed by atoms with Crippen molar-refractivity contribution in [1.29, 1.82) is 5.26 Å². The maximum Gasteiger partial charge on any atom is 0.141 e. The second-order valence-electron chi connectivity index (χ2n) is 2.41. The first-order chi connectivity index (χ1) is 5.90. The van der Waals surface area contributed by atoms with Crippen molar-refractivity contribution >= 4 is 10.9 Å². The number of aromatic nitrogens is 1. The topological polar surface area (TPSA) is 36.7 Å². The van der Waals surface area contributed by atoms with Crippen LogP contribution in [-0.4, -0.2) is 4.98 Å². The van der Waals surface area contributed by atoms with Crippen LogP contribution in [0.5, 0.6) is 0 Å². The summed E-state index contributed by atoms with van der Waals surface area (Å²) in [5, 5.41) is 9.52. The normalized spacial score (nSPS) is 9.58. The van der Waals surface area contributed by atoms with E-state index in [1.54, 1.807) is 6.07 Å². The van der Waals surface area contributed by atoms with Gasteiger partial charge in [0.05, 0.1) is 5.52 Å². The number of nitrogens with zero attached hydrogens (tertiary/aromatic N) is 2. The van der Waals surface area contributed by atoms with Gasteiger partial charge in [0.2, 0.25) is 0 Å². The highest BCUT2D eigenvalue weighted by molar-refractivity contribution is 5.78. The maximum atomic E-state index is 8.57. The molecule has 2 heteroatoms. The Balaban J connectivity index is 2.78. The van der Waals surface area contributed by atoms with Crippen LogP contribution in [0, 0.1) is 17.4 Å². The van der Waals surface area contributed by atoms with Crippen molar-refractivity contribution in [2.24, 2.45) is 0 Å². The number of pyridine rings is 1. The molecule has 1 aromatic heterocycles. The molecular formula is C10H5N2. The van der Waals surface area contributed by atoms with Gasteiger partial charge in [-0.15, -0.1) is 0 Å². The lowest BCUT2D eigenvalue weighted by atomic mass is 10.2. The van der Waals surface area contributed by atoms with Crippen molar-refractivity contribution in [3.8, 4) is 6.07 Å². The minimum absolute atomic E-state index is 0.446. The molecule has 2 rings (SSSR count). The van der Waals surface area contributed by atoms with Gasteiger partial charge in [-0.05, 0) is 24.3 Å². The summed E-state index contributed by atoms with van der Waals surface area (Å²) < 4.78 is 0. The van der Waals surface area contributed by atoms with E-state index >= 15 is 0 Å². The van der Waals surface area contributed by atoms with Gasteiger partial charge in [-0.1, -0.05) is 12.1 Å². The van der Waals surface area contributed by atoms with Crippen molar-refractivity contribution in [3.05, 3.63) is 42.1 Å². The van der Waals surface area contributed by atoms with E-state index in [9.17, 15) is 0 Å². The van der Waals surface area contributed by atoms with Crippen LogP contribution in [0.3, 0.4) is 0 Å². The lowest BCUT2D eigenvalue weighted by Gasteiger charge is -1.94. The molecule has 2 nitrogen and oxygen atoms in total. The minimum Gasteiger partial charge on any atom is -0.237 e. The molecule has 0 N–H and O–H groups in total. The quantitative estimate of drug-likeness (QED) is 0.579. The first kappa shape index (κ1) is 6.81. The van der Waals surface area contributed by atoms with Crippen molar-refractivity contribution in [2.75, 3.05) is 0 Å². The zero-order valence-electron chi connectivity index (χ0n) is 6.28. The van der Waals surface area contributed by atoms with Gasteiger partial charge < -0.3 is 0 Å². The molecule has 0 saturated carbocycles. The van der Waals surface area contributed by atoms with Crippen LogP contribution in [0.4, 0.5) is 0 Å². The number of fused-ring (bicyclic) bond motifs is 1. The Kier molecular flexibility index (Phi) is 1.49. The summed E-state index contributed by atoms with van der Waals surface area (Å²) in [6.45, 7) is 0. The molecule has 0 aliphatic carbocycles. The summed E-state index contributed by atoms with van der Waals surface area (Å²) in [6, 6.07) is 14.1. The van der Waals surface area contributed by atoms with Crippen LogP contribution in [0.25, 0.3) is 10.9 Å². The van der Waals surface area contributed by atoms with Gasteiger partial charge >= 0.3 is 0 Å². The zero-order valence-corrected chi connectivity index (χ0v) is 6.28. The maximum absolute atomic E-state index is 8.57. The van der Waals surface area contributed by atoms with Crippen LogP contribution in [0.15, 0.2) is 30.3 Å². The van der Waals surface area contributed by atoms with E-state index in [0.717, 1.165) is 10.9 Å². The third-order valence-corrected chi connectivity index (χ3v) is 1.63. The monoisotopic (exact) mass is 153 g/mol. The van der Waals surface area contributed by atoms with Gasteiger partial charge in [0.25, 0.3) is 0 Å². The van der Waals surface area contributed by atoms with Crippen LogP contribution in [0.1, 0.15) is 5.69 Å². The Bertz CT molecular complexity index is 455. The molecule has 0 bridgehead atoms. The first-order valence-corrected chi connectivity index (χ1v) is 3.58. The van der Waals surface area contributed by atoms with Crippen LogP contribution >= 0.6 is 0 Å². The molecule has 0 fully saturated rings. The van der Waals surface area contributed by atoms with Crippen LogP contribution in [0.2, 0.25) is 0 Å². The standard InChI is InChI=1S/C10H5N2/c11-7-9-6-5-8-3-1-2-4-10(8)12-9/h1-2,4-6H. The molecule has 0 atom stereocenters. The van der Waals surface area contributed by atoms with Crippen molar-refractivity contribution in [1.82, 2.24) is 4.98 Å². The van der Waals surface area contributed by atoms with Gasteiger partial charge in [0.1, 0.15) is 11.8 Å². The SMILES string of the molecule is N#Cc1ccc2[c]cccc2n1. The summed E-state index contributed by atoms with van der Waals surface area (Å²) in [4.78, 5) is 4.10. The van der Waals surface area contributed by atoms with Gasteiger partial charge in [-0.3, -0.25) is 0 Å². The molecule has 0 aliphatic rings. The summed E-state index contributed by atoms with van der Waals surface area (Å²) in [5.41, 5.74) is 1.26. The largest absolute Gasteiger partial charge is 0.237 e. The molecule has 0 amide bonds. The molecule has 2 aromatic rings. The second kappa shape index (κ2) is 2.63. The fourth-order valence-corrected chi connectivity index (χ4v) is 1.06. The third-order valence-electron chi connectivity index (χ3n) is 1.63. The lowest BCUT2D eigenvalue weighted by Crippen LogP contribution is -1.82. The molecule has 55 valence electrons. The Hall–Kier alpha value is -1.88. The van der Waals surface area contributed by atoms with E-state index in [2.05, 4.69) is 11.1 Å². The van der Waals surface area contributed by atoms with Crippen molar-refractivity contribution in [2.45, 2.75) is 0 Å². The number of rotatable bonds is 0. The van der Waals surface area contributed by atoms with Gasteiger partial charge in [-0.25, -0.2) is 4.98 Å². The molecule has 0 spiro atoms. The van der Waals surface area contributed by atoms with E-state index in [1.807, 2.05) is 30.3 Å². The summed E-state index contributed by atoms with van der Waals surface area (Å²) in [5.74, 6) is 0. The predicted molar refractivity (Wildman–Crippen MR) is 45.3 cm³/mol.